The lowest BCUT2D eigenvalue weighted by Gasteiger charge is -2.37. The number of aliphatic hydroxyl groups is 2. The molecule has 10 nitrogen and oxygen atoms in total. The third-order valence-corrected chi connectivity index (χ3v) is 6.47. The van der Waals surface area contributed by atoms with Crippen molar-refractivity contribution in [2.75, 3.05) is 50.5 Å². The molecule has 2 heterocycles. The average molecular weight is 503 g/mol. The van der Waals surface area contributed by atoms with Crippen LogP contribution in [0.4, 0.5) is 17.1 Å². The molecule has 2 aliphatic heterocycles. The van der Waals surface area contributed by atoms with E-state index in [1.54, 1.807) is 12.1 Å². The van der Waals surface area contributed by atoms with Crippen LogP contribution < -0.4 is 20.5 Å². The molecule has 4 rings (SSSR count). The summed E-state index contributed by atoms with van der Waals surface area (Å²) in [5, 5.41) is 34.0. The Kier molecular flexibility index (Phi) is 10.2. The molecule has 198 valence electrons. The number of nitrogens with zero attached hydrogens (tertiary/aromatic N) is 2. The van der Waals surface area contributed by atoms with Crippen LogP contribution in [0.2, 0.25) is 0 Å². The van der Waals surface area contributed by atoms with E-state index in [0.29, 0.717) is 50.4 Å². The Labute approximate surface area is 212 Å². The SMILES string of the molecule is CC.Nc1ccc(NCCc2ccc(CCN3CCC(O)CC3CO)c3c2OCCO3)c([N+](=O)[O-])c1. The number of rotatable bonds is 9. The number of nitrogens with one attached hydrogen (secondary N) is 1. The molecule has 36 heavy (non-hydrogen) atoms. The summed E-state index contributed by atoms with van der Waals surface area (Å²) in [5.41, 5.74) is 8.41. The Balaban J connectivity index is 0.00000176. The first kappa shape index (κ1) is 27.5. The maximum atomic E-state index is 11.3. The lowest BCUT2D eigenvalue weighted by atomic mass is 9.98. The van der Waals surface area contributed by atoms with Crippen molar-refractivity contribution >= 4 is 17.1 Å². The zero-order valence-electron chi connectivity index (χ0n) is 21.1. The molecular weight excluding hydrogens is 464 g/mol. The molecule has 0 amide bonds. The van der Waals surface area contributed by atoms with Gasteiger partial charge in [0.1, 0.15) is 18.9 Å². The van der Waals surface area contributed by atoms with Crippen LogP contribution >= 0.6 is 0 Å². The smallest absolute Gasteiger partial charge is 0.294 e. The number of aliphatic hydroxyl groups excluding tert-OH is 2. The Morgan fingerprint density at radius 3 is 2.44 bits per heavy atom. The van der Waals surface area contributed by atoms with Crippen molar-refractivity contribution in [3.05, 3.63) is 51.6 Å². The lowest BCUT2D eigenvalue weighted by molar-refractivity contribution is -0.383. The van der Waals surface area contributed by atoms with Gasteiger partial charge in [0, 0.05) is 37.4 Å². The molecule has 2 unspecified atom stereocenters. The summed E-state index contributed by atoms with van der Waals surface area (Å²) in [4.78, 5) is 13.1. The van der Waals surface area contributed by atoms with Crippen molar-refractivity contribution in [1.82, 2.24) is 4.90 Å². The molecular formula is C26H38N4O6. The zero-order chi connectivity index (χ0) is 26.1. The summed E-state index contributed by atoms with van der Waals surface area (Å²) in [6.07, 6.45) is 2.30. The largest absolute Gasteiger partial charge is 0.486 e. The minimum atomic E-state index is -0.448. The number of fused-ring (bicyclic) bond motifs is 1. The van der Waals surface area contributed by atoms with Gasteiger partial charge in [0.2, 0.25) is 0 Å². The second-order valence-electron chi connectivity index (χ2n) is 8.75. The first-order valence-electron chi connectivity index (χ1n) is 12.7. The Morgan fingerprint density at radius 2 is 1.81 bits per heavy atom. The summed E-state index contributed by atoms with van der Waals surface area (Å²) >= 11 is 0. The number of hydrogen-bond acceptors (Lipinski definition) is 9. The van der Waals surface area contributed by atoms with Gasteiger partial charge in [-0.15, -0.1) is 0 Å². The van der Waals surface area contributed by atoms with Gasteiger partial charge in [0.05, 0.1) is 17.6 Å². The molecule has 2 aliphatic rings. The molecule has 1 fully saturated rings. The lowest BCUT2D eigenvalue weighted by Crippen LogP contribution is -2.47. The molecule has 2 aromatic rings. The van der Waals surface area contributed by atoms with E-state index in [-0.39, 0.29) is 24.4 Å². The minimum absolute atomic E-state index is 0.0283. The quantitative estimate of drug-likeness (QED) is 0.231. The van der Waals surface area contributed by atoms with Crippen molar-refractivity contribution in [2.45, 2.75) is 51.7 Å². The van der Waals surface area contributed by atoms with Gasteiger partial charge >= 0.3 is 0 Å². The highest BCUT2D eigenvalue weighted by molar-refractivity contribution is 5.66. The van der Waals surface area contributed by atoms with Gasteiger partial charge in [-0.25, -0.2) is 0 Å². The summed E-state index contributed by atoms with van der Waals surface area (Å²) in [6.45, 7) is 6.98. The van der Waals surface area contributed by atoms with Crippen LogP contribution in [-0.4, -0.2) is 71.6 Å². The van der Waals surface area contributed by atoms with Crippen LogP contribution in [-0.2, 0) is 12.8 Å². The molecule has 0 bridgehead atoms. The topological polar surface area (TPSA) is 143 Å². The predicted molar refractivity (Wildman–Crippen MR) is 140 cm³/mol. The molecule has 0 aromatic heterocycles. The number of hydrogen-bond donors (Lipinski definition) is 4. The number of anilines is 2. The number of nitrogen functional groups attached to an aromatic ring is 1. The van der Waals surface area contributed by atoms with Gasteiger partial charge in [0.25, 0.3) is 5.69 Å². The molecule has 1 saturated heterocycles. The zero-order valence-corrected chi connectivity index (χ0v) is 21.1. The van der Waals surface area contributed by atoms with Gasteiger partial charge in [0.15, 0.2) is 11.5 Å². The van der Waals surface area contributed by atoms with E-state index in [0.717, 1.165) is 42.1 Å². The first-order valence-corrected chi connectivity index (χ1v) is 12.7. The fourth-order valence-corrected chi connectivity index (χ4v) is 4.65. The van der Waals surface area contributed by atoms with Crippen LogP contribution in [0.15, 0.2) is 30.3 Å². The van der Waals surface area contributed by atoms with E-state index in [9.17, 15) is 20.3 Å². The molecule has 5 N–H and O–H groups in total. The number of benzene rings is 2. The molecule has 0 spiro atoms. The van der Waals surface area contributed by atoms with Gasteiger partial charge < -0.3 is 30.7 Å². The van der Waals surface area contributed by atoms with Crippen molar-refractivity contribution in [3.63, 3.8) is 0 Å². The monoisotopic (exact) mass is 502 g/mol. The number of likely N-dealkylation sites (tertiary alicyclic amines) is 1. The van der Waals surface area contributed by atoms with E-state index >= 15 is 0 Å². The predicted octanol–water partition coefficient (Wildman–Crippen LogP) is 2.99. The summed E-state index contributed by atoms with van der Waals surface area (Å²) in [6, 6.07) is 8.63. The third-order valence-electron chi connectivity index (χ3n) is 6.47. The molecule has 2 aromatic carbocycles. The van der Waals surface area contributed by atoms with Crippen LogP contribution in [0.5, 0.6) is 11.5 Å². The first-order chi connectivity index (χ1) is 17.5. The van der Waals surface area contributed by atoms with Crippen molar-refractivity contribution < 1.29 is 24.6 Å². The van der Waals surface area contributed by atoms with E-state index in [2.05, 4.69) is 10.2 Å². The van der Waals surface area contributed by atoms with Gasteiger partial charge in [-0.05, 0) is 48.9 Å². The van der Waals surface area contributed by atoms with Crippen LogP contribution in [0.3, 0.4) is 0 Å². The van der Waals surface area contributed by atoms with Gasteiger partial charge in [-0.3, -0.25) is 15.0 Å². The van der Waals surface area contributed by atoms with Crippen LogP contribution in [0.1, 0.15) is 37.8 Å². The summed E-state index contributed by atoms with van der Waals surface area (Å²) < 4.78 is 11.9. The number of nitro benzene ring substituents is 1. The highest BCUT2D eigenvalue weighted by Gasteiger charge is 2.27. The Hall–Kier alpha value is -3.08. The number of piperidine rings is 1. The maximum absolute atomic E-state index is 11.3. The van der Waals surface area contributed by atoms with Crippen LogP contribution in [0, 0.1) is 10.1 Å². The van der Waals surface area contributed by atoms with Gasteiger partial charge in [-0.1, -0.05) is 26.0 Å². The molecule has 0 aliphatic carbocycles. The summed E-state index contributed by atoms with van der Waals surface area (Å²) in [5.74, 6) is 1.48. The van der Waals surface area contributed by atoms with Crippen LogP contribution in [0.25, 0.3) is 0 Å². The fourth-order valence-electron chi connectivity index (χ4n) is 4.65. The normalized spacial score (nSPS) is 19.2. The minimum Gasteiger partial charge on any atom is -0.486 e. The second-order valence-corrected chi connectivity index (χ2v) is 8.75. The highest BCUT2D eigenvalue weighted by atomic mass is 16.6. The standard InChI is InChI=1S/C24H32N4O6.C2H6/c25-18-3-4-21(22(13-18)28(31)32)26-8-5-16-1-2-17(24-23(16)33-11-12-34-24)6-9-27-10-7-20(30)14-19(27)15-29;1-2/h1-4,13,19-20,26,29-30H,5-12,14-15,25H2;1-2H3. The van der Waals surface area contributed by atoms with E-state index in [1.165, 1.54) is 6.07 Å². The summed E-state index contributed by atoms with van der Waals surface area (Å²) in [7, 11) is 0. The number of ether oxygens (including phenoxy) is 2. The van der Waals surface area contributed by atoms with Gasteiger partial charge in [-0.2, -0.15) is 0 Å². The number of nitrogens with two attached hydrogens (primary N) is 1. The molecule has 2 atom stereocenters. The molecule has 0 saturated carbocycles. The van der Waals surface area contributed by atoms with Crippen molar-refractivity contribution in [3.8, 4) is 11.5 Å². The average Bonchev–Trinajstić information content (AvgIpc) is 2.90. The van der Waals surface area contributed by atoms with E-state index in [4.69, 9.17) is 15.2 Å². The number of nitro groups is 1. The van der Waals surface area contributed by atoms with Crippen molar-refractivity contribution in [2.24, 2.45) is 0 Å². The fraction of sp³-hybridized carbons (Fsp3) is 0.538. The molecule has 10 heteroatoms. The van der Waals surface area contributed by atoms with E-state index in [1.807, 2.05) is 26.0 Å². The maximum Gasteiger partial charge on any atom is 0.294 e. The highest BCUT2D eigenvalue weighted by Crippen LogP contribution is 2.38. The Morgan fingerprint density at radius 1 is 1.14 bits per heavy atom. The molecule has 0 radical (unpaired) electrons. The van der Waals surface area contributed by atoms with Crippen molar-refractivity contribution in [1.29, 1.82) is 0 Å². The second kappa shape index (κ2) is 13.3. The van der Waals surface area contributed by atoms with E-state index < -0.39 is 4.92 Å². The Bertz CT molecular complexity index is 1020. The third kappa shape index (κ3) is 6.77.